The Bertz CT molecular complexity index is 522. The van der Waals surface area contributed by atoms with Crippen LogP contribution >= 0.6 is 0 Å². The van der Waals surface area contributed by atoms with E-state index in [2.05, 4.69) is 0 Å². The third kappa shape index (κ3) is 2.59. The van der Waals surface area contributed by atoms with Gasteiger partial charge in [0.2, 0.25) is 0 Å². The van der Waals surface area contributed by atoms with Crippen molar-refractivity contribution in [1.29, 1.82) is 0 Å². The molecule has 0 bridgehead atoms. The monoisotopic (exact) mass is 267 g/mol. The molecule has 0 aliphatic heterocycles. The van der Waals surface area contributed by atoms with Gasteiger partial charge in [-0.2, -0.15) is 0 Å². The predicted octanol–water partition coefficient (Wildman–Crippen LogP) is 2.07. The number of fused-ring (bicyclic) bond motifs is 1. The SMILES string of the molecule is CC(C)CCS(=O)(=O)C1Cc2ccccc2C1N. The Balaban J connectivity index is 2.18. The summed E-state index contributed by atoms with van der Waals surface area (Å²) in [4.78, 5) is 0. The molecule has 1 aliphatic rings. The summed E-state index contributed by atoms with van der Waals surface area (Å²) in [6, 6.07) is 7.42. The molecule has 18 heavy (non-hydrogen) atoms. The molecule has 100 valence electrons. The van der Waals surface area contributed by atoms with Crippen molar-refractivity contribution >= 4 is 9.84 Å². The third-order valence-corrected chi connectivity index (χ3v) is 5.86. The lowest BCUT2D eigenvalue weighted by Crippen LogP contribution is -2.32. The van der Waals surface area contributed by atoms with Crippen LogP contribution in [0.3, 0.4) is 0 Å². The van der Waals surface area contributed by atoms with Crippen molar-refractivity contribution in [3.8, 4) is 0 Å². The van der Waals surface area contributed by atoms with Crippen molar-refractivity contribution in [2.75, 3.05) is 5.75 Å². The highest BCUT2D eigenvalue weighted by molar-refractivity contribution is 7.92. The second-order valence-electron chi connectivity index (χ2n) is 5.52. The normalized spacial score (nSPS) is 23.3. The van der Waals surface area contributed by atoms with Gasteiger partial charge in [-0.3, -0.25) is 0 Å². The molecular formula is C14H21NO2S. The first-order valence-electron chi connectivity index (χ1n) is 6.47. The zero-order valence-corrected chi connectivity index (χ0v) is 11.8. The lowest BCUT2D eigenvalue weighted by Gasteiger charge is -2.17. The molecule has 0 saturated heterocycles. The van der Waals surface area contributed by atoms with Gasteiger partial charge < -0.3 is 5.73 Å². The van der Waals surface area contributed by atoms with Gasteiger partial charge in [-0.05, 0) is 29.9 Å². The molecule has 0 amide bonds. The summed E-state index contributed by atoms with van der Waals surface area (Å²) < 4.78 is 24.7. The van der Waals surface area contributed by atoms with Gasteiger partial charge in [-0.25, -0.2) is 8.42 Å². The van der Waals surface area contributed by atoms with Crippen LogP contribution in [-0.4, -0.2) is 19.4 Å². The summed E-state index contributed by atoms with van der Waals surface area (Å²) in [5.74, 6) is 0.650. The fraction of sp³-hybridized carbons (Fsp3) is 0.571. The van der Waals surface area contributed by atoms with Gasteiger partial charge in [0.25, 0.3) is 0 Å². The molecule has 0 heterocycles. The van der Waals surface area contributed by atoms with Gasteiger partial charge in [-0.1, -0.05) is 38.1 Å². The maximum Gasteiger partial charge on any atom is 0.155 e. The third-order valence-electron chi connectivity index (χ3n) is 3.68. The largest absolute Gasteiger partial charge is 0.323 e. The van der Waals surface area contributed by atoms with E-state index < -0.39 is 15.1 Å². The number of rotatable bonds is 4. The van der Waals surface area contributed by atoms with Crippen molar-refractivity contribution in [2.45, 2.75) is 38.0 Å². The van der Waals surface area contributed by atoms with Crippen molar-refractivity contribution in [1.82, 2.24) is 0 Å². The minimum atomic E-state index is -3.10. The number of sulfone groups is 1. The lowest BCUT2D eigenvalue weighted by atomic mass is 10.1. The molecule has 1 aliphatic carbocycles. The Morgan fingerprint density at radius 3 is 2.61 bits per heavy atom. The zero-order valence-electron chi connectivity index (χ0n) is 11.0. The van der Waals surface area contributed by atoms with E-state index in [1.165, 1.54) is 0 Å². The molecule has 2 rings (SSSR count). The van der Waals surface area contributed by atoms with E-state index in [9.17, 15) is 8.42 Å². The fourth-order valence-electron chi connectivity index (χ4n) is 2.49. The molecule has 4 heteroatoms. The first kappa shape index (κ1) is 13.6. The van der Waals surface area contributed by atoms with E-state index in [0.717, 1.165) is 11.1 Å². The van der Waals surface area contributed by atoms with Gasteiger partial charge in [0.15, 0.2) is 9.84 Å². The maximum absolute atomic E-state index is 12.3. The molecule has 0 fully saturated rings. The van der Waals surface area contributed by atoms with Gasteiger partial charge in [0, 0.05) is 6.04 Å². The molecule has 0 aromatic heterocycles. The van der Waals surface area contributed by atoms with Crippen molar-refractivity contribution in [2.24, 2.45) is 11.7 Å². The number of nitrogens with two attached hydrogens (primary N) is 1. The van der Waals surface area contributed by atoms with Gasteiger partial charge in [-0.15, -0.1) is 0 Å². The van der Waals surface area contributed by atoms with Gasteiger partial charge in [0.1, 0.15) is 0 Å². The van der Waals surface area contributed by atoms with Crippen LogP contribution in [0, 0.1) is 5.92 Å². The summed E-state index contributed by atoms with van der Waals surface area (Å²) >= 11 is 0. The van der Waals surface area contributed by atoms with Crippen molar-refractivity contribution < 1.29 is 8.42 Å². The molecule has 1 aromatic rings. The number of hydrogen-bond acceptors (Lipinski definition) is 3. The molecule has 3 nitrogen and oxygen atoms in total. The van der Waals surface area contributed by atoms with Crippen molar-refractivity contribution in [3.05, 3.63) is 35.4 Å². The van der Waals surface area contributed by atoms with Crippen LogP contribution in [0.4, 0.5) is 0 Å². The number of benzene rings is 1. The van der Waals surface area contributed by atoms with Gasteiger partial charge in [0.05, 0.1) is 11.0 Å². The molecular weight excluding hydrogens is 246 g/mol. The van der Waals surface area contributed by atoms with E-state index in [4.69, 9.17) is 5.73 Å². The minimum Gasteiger partial charge on any atom is -0.323 e. The summed E-state index contributed by atoms with van der Waals surface area (Å²) in [5, 5.41) is -0.436. The van der Waals surface area contributed by atoms with E-state index in [1.54, 1.807) is 0 Å². The second kappa shape index (κ2) is 5.02. The van der Waals surface area contributed by atoms with E-state index >= 15 is 0 Å². The van der Waals surface area contributed by atoms with E-state index in [0.29, 0.717) is 18.8 Å². The van der Waals surface area contributed by atoms with E-state index in [-0.39, 0.29) is 11.8 Å². The first-order chi connectivity index (χ1) is 8.42. The molecule has 0 radical (unpaired) electrons. The van der Waals surface area contributed by atoms with Crippen LogP contribution in [-0.2, 0) is 16.3 Å². The quantitative estimate of drug-likeness (QED) is 0.908. The second-order valence-corrected chi connectivity index (χ2v) is 7.86. The summed E-state index contributed by atoms with van der Waals surface area (Å²) in [6.45, 7) is 4.08. The molecule has 2 unspecified atom stereocenters. The van der Waals surface area contributed by atoms with Crippen LogP contribution in [0.2, 0.25) is 0 Å². The highest BCUT2D eigenvalue weighted by Gasteiger charge is 2.38. The molecule has 1 aromatic carbocycles. The highest BCUT2D eigenvalue weighted by atomic mass is 32.2. The lowest BCUT2D eigenvalue weighted by molar-refractivity contribution is 0.549. The van der Waals surface area contributed by atoms with Crippen LogP contribution in [0.1, 0.15) is 37.4 Å². The van der Waals surface area contributed by atoms with Gasteiger partial charge >= 0.3 is 0 Å². The Hall–Kier alpha value is -0.870. The molecule has 0 saturated carbocycles. The average molecular weight is 267 g/mol. The molecule has 2 atom stereocenters. The number of hydrogen-bond donors (Lipinski definition) is 1. The summed E-state index contributed by atoms with van der Waals surface area (Å²) in [5.41, 5.74) is 8.19. The molecule has 0 spiro atoms. The smallest absolute Gasteiger partial charge is 0.155 e. The molecule has 2 N–H and O–H groups in total. The van der Waals surface area contributed by atoms with Crippen LogP contribution in [0.25, 0.3) is 0 Å². The predicted molar refractivity (Wildman–Crippen MR) is 74.1 cm³/mol. The first-order valence-corrected chi connectivity index (χ1v) is 8.18. The Morgan fingerprint density at radius 1 is 1.33 bits per heavy atom. The topological polar surface area (TPSA) is 60.2 Å². The Morgan fingerprint density at radius 2 is 2.00 bits per heavy atom. The fourth-order valence-corrected chi connectivity index (χ4v) is 4.62. The van der Waals surface area contributed by atoms with Crippen LogP contribution in [0.5, 0.6) is 0 Å². The summed E-state index contributed by atoms with van der Waals surface area (Å²) in [7, 11) is -3.10. The minimum absolute atomic E-state index is 0.247. The van der Waals surface area contributed by atoms with Crippen LogP contribution in [0.15, 0.2) is 24.3 Å². The Kier molecular flexibility index (Phi) is 3.78. The summed E-state index contributed by atoms with van der Waals surface area (Å²) in [6.07, 6.45) is 1.28. The van der Waals surface area contributed by atoms with Crippen molar-refractivity contribution in [3.63, 3.8) is 0 Å². The van der Waals surface area contributed by atoms with Crippen LogP contribution < -0.4 is 5.73 Å². The maximum atomic E-state index is 12.3. The van der Waals surface area contributed by atoms with E-state index in [1.807, 2.05) is 38.1 Å². The average Bonchev–Trinajstić information content (AvgIpc) is 2.66. The zero-order chi connectivity index (χ0) is 13.3. The Labute approximate surface area is 109 Å². The standard InChI is InChI=1S/C14H21NO2S/c1-10(2)7-8-18(16,17)13-9-11-5-3-4-6-12(11)14(13)15/h3-6,10,13-14H,7-9,15H2,1-2H3. The highest BCUT2D eigenvalue weighted by Crippen LogP contribution is 2.34.